The largest absolute Gasteiger partial charge is 0.486 e. The smallest absolute Gasteiger partial charge is 0.251 e. The molecule has 3 aliphatic rings. The van der Waals surface area contributed by atoms with Crippen LogP contribution < -0.4 is 14.8 Å². The third-order valence-corrected chi connectivity index (χ3v) is 8.91. The van der Waals surface area contributed by atoms with E-state index in [4.69, 9.17) is 19.2 Å². The SMILES string of the molecule is COc1nc(Nc2nccc(-c3ccc(O[C@@H]4CCN(C(=O)[C@H](C)O)C[C@@H]4F)c(C#N)c3)n2)ccc1C1CCN(C2COC2)CC1. The number of carbonyl (C=O) groups is 1. The summed E-state index contributed by atoms with van der Waals surface area (Å²) in [6.45, 7) is 5.16. The second-order valence-corrected chi connectivity index (χ2v) is 11.9. The molecule has 2 aromatic heterocycles. The van der Waals surface area contributed by atoms with Gasteiger partial charge in [0.25, 0.3) is 5.91 Å². The van der Waals surface area contributed by atoms with E-state index in [1.807, 2.05) is 6.07 Å². The molecular weight excluding hydrogens is 593 g/mol. The zero-order valence-electron chi connectivity index (χ0n) is 25.9. The van der Waals surface area contributed by atoms with Crippen LogP contribution in [0.5, 0.6) is 11.6 Å². The highest BCUT2D eigenvalue weighted by molar-refractivity contribution is 5.80. The molecule has 2 N–H and O–H groups in total. The van der Waals surface area contributed by atoms with E-state index in [2.05, 4.69) is 32.3 Å². The number of rotatable bonds is 9. The Bertz CT molecular complexity index is 1590. The fourth-order valence-corrected chi connectivity index (χ4v) is 6.22. The van der Waals surface area contributed by atoms with Crippen LogP contribution in [0.1, 0.15) is 43.2 Å². The highest BCUT2D eigenvalue weighted by atomic mass is 19.1. The quantitative estimate of drug-likeness (QED) is 0.358. The van der Waals surface area contributed by atoms with Crippen molar-refractivity contribution >= 4 is 17.7 Å². The van der Waals surface area contributed by atoms with E-state index >= 15 is 0 Å². The van der Waals surface area contributed by atoms with Crippen LogP contribution in [0.15, 0.2) is 42.6 Å². The number of halogens is 1. The molecule has 5 heterocycles. The molecule has 46 heavy (non-hydrogen) atoms. The molecule has 0 bridgehead atoms. The minimum absolute atomic E-state index is 0.176. The standard InChI is InChI=1S/C33H38FN7O5/c1-20(42)32(43)41-14-10-29(26(34)17-41)46-28-5-3-22(15-23(28)16-35)27-7-11-36-33(37-27)39-30-6-4-25(31(38-30)44-2)21-8-12-40(13-9-21)24-18-45-19-24/h3-7,11,15,20-21,24,26,29,42H,8-10,12-14,17-19H2,1-2H3,(H,36,37,38,39)/t20-,26-,29+/m0/s1. The van der Waals surface area contributed by atoms with E-state index in [-0.39, 0.29) is 30.8 Å². The number of aromatic nitrogens is 3. The number of hydrogen-bond donors (Lipinski definition) is 2. The van der Waals surface area contributed by atoms with Crippen LogP contribution in [0, 0.1) is 11.3 Å². The molecule has 6 rings (SSSR count). The van der Waals surface area contributed by atoms with Gasteiger partial charge in [-0.15, -0.1) is 0 Å². The molecule has 3 aromatic rings. The highest BCUT2D eigenvalue weighted by Gasteiger charge is 2.35. The van der Waals surface area contributed by atoms with E-state index < -0.39 is 24.3 Å². The first-order valence-electron chi connectivity index (χ1n) is 15.6. The van der Waals surface area contributed by atoms with Crippen LogP contribution in [0.2, 0.25) is 0 Å². The molecular formula is C33H38FN7O5. The van der Waals surface area contributed by atoms with Gasteiger partial charge in [-0.25, -0.2) is 14.4 Å². The minimum atomic E-state index is -1.46. The van der Waals surface area contributed by atoms with Crippen LogP contribution in [-0.2, 0) is 9.53 Å². The molecule has 3 fully saturated rings. The molecule has 0 unspecified atom stereocenters. The average molecular weight is 632 g/mol. The molecule has 1 amide bonds. The summed E-state index contributed by atoms with van der Waals surface area (Å²) in [4.78, 5) is 29.5. The van der Waals surface area contributed by atoms with E-state index in [1.165, 1.54) is 11.8 Å². The molecule has 0 spiro atoms. The van der Waals surface area contributed by atoms with E-state index in [0.717, 1.165) is 44.7 Å². The molecule has 12 nitrogen and oxygen atoms in total. The number of methoxy groups -OCH3 is 1. The van der Waals surface area contributed by atoms with Gasteiger partial charge in [-0.1, -0.05) is 0 Å². The fourth-order valence-electron chi connectivity index (χ4n) is 6.22. The lowest BCUT2D eigenvalue weighted by molar-refractivity contribution is -0.143. The molecule has 3 aliphatic heterocycles. The Kier molecular flexibility index (Phi) is 9.58. The van der Waals surface area contributed by atoms with Gasteiger partial charge in [-0.05, 0) is 75.2 Å². The number of likely N-dealkylation sites (tertiary alicyclic amines) is 2. The average Bonchev–Trinajstić information content (AvgIpc) is 3.05. The molecule has 1 aromatic carbocycles. The molecule has 13 heteroatoms. The lowest BCUT2D eigenvalue weighted by Gasteiger charge is -2.41. The minimum Gasteiger partial charge on any atom is -0.486 e. The second kappa shape index (κ2) is 13.9. The number of nitrogens with zero attached hydrogens (tertiary/aromatic N) is 6. The van der Waals surface area contributed by atoms with E-state index in [0.29, 0.717) is 40.9 Å². The number of hydrogen-bond acceptors (Lipinski definition) is 11. The summed E-state index contributed by atoms with van der Waals surface area (Å²) in [5.74, 6) is 1.56. The Morgan fingerprint density at radius 2 is 1.96 bits per heavy atom. The summed E-state index contributed by atoms with van der Waals surface area (Å²) in [7, 11) is 1.63. The van der Waals surface area contributed by atoms with Gasteiger partial charge in [0.2, 0.25) is 11.8 Å². The summed E-state index contributed by atoms with van der Waals surface area (Å²) in [6, 6.07) is 13.4. The normalized spacial score (nSPS) is 21.6. The number of aliphatic hydroxyl groups excluding tert-OH is 1. The first kappa shape index (κ1) is 31.6. The van der Waals surface area contributed by atoms with Gasteiger partial charge < -0.3 is 29.5 Å². The zero-order valence-corrected chi connectivity index (χ0v) is 25.9. The van der Waals surface area contributed by atoms with Crippen molar-refractivity contribution in [3.8, 4) is 29.0 Å². The number of anilines is 2. The first-order valence-corrected chi connectivity index (χ1v) is 15.6. The number of pyridine rings is 1. The Balaban J connectivity index is 1.11. The number of ether oxygens (including phenoxy) is 3. The summed E-state index contributed by atoms with van der Waals surface area (Å²) in [5.41, 5.74) is 2.55. The Labute approximate surface area is 267 Å². The molecule has 0 radical (unpaired) electrons. The molecule has 0 aliphatic carbocycles. The number of alkyl halides is 1. The summed E-state index contributed by atoms with van der Waals surface area (Å²) >= 11 is 0. The number of piperidine rings is 2. The Morgan fingerprint density at radius 3 is 2.63 bits per heavy atom. The van der Waals surface area contributed by atoms with Crippen LogP contribution in [0.4, 0.5) is 16.2 Å². The third-order valence-electron chi connectivity index (χ3n) is 8.91. The predicted molar refractivity (Wildman–Crippen MR) is 167 cm³/mol. The van der Waals surface area contributed by atoms with Crippen molar-refractivity contribution in [2.45, 2.75) is 56.5 Å². The van der Waals surface area contributed by atoms with Gasteiger partial charge in [0.05, 0.1) is 44.2 Å². The van der Waals surface area contributed by atoms with Crippen LogP contribution in [0.25, 0.3) is 11.3 Å². The highest BCUT2D eigenvalue weighted by Crippen LogP contribution is 2.35. The van der Waals surface area contributed by atoms with Crippen LogP contribution >= 0.6 is 0 Å². The topological polar surface area (TPSA) is 146 Å². The fraction of sp³-hybridized carbons (Fsp3) is 0.485. The number of nitriles is 1. The van der Waals surface area contributed by atoms with Gasteiger partial charge in [0.1, 0.15) is 29.8 Å². The molecule has 0 saturated carbocycles. The molecule has 242 valence electrons. The predicted octanol–water partition coefficient (Wildman–Crippen LogP) is 3.44. The van der Waals surface area contributed by atoms with Gasteiger partial charge in [0, 0.05) is 30.3 Å². The van der Waals surface area contributed by atoms with Gasteiger partial charge >= 0.3 is 0 Å². The lowest BCUT2D eigenvalue weighted by Crippen LogP contribution is -2.51. The van der Waals surface area contributed by atoms with Gasteiger partial charge in [0.15, 0.2) is 6.17 Å². The lowest BCUT2D eigenvalue weighted by atomic mass is 9.89. The first-order chi connectivity index (χ1) is 22.3. The molecule has 3 atom stereocenters. The van der Waals surface area contributed by atoms with Crippen molar-refractivity contribution in [3.63, 3.8) is 0 Å². The Morgan fingerprint density at radius 1 is 1.15 bits per heavy atom. The van der Waals surface area contributed by atoms with Crippen molar-refractivity contribution in [1.82, 2.24) is 24.8 Å². The zero-order chi connectivity index (χ0) is 32.2. The number of nitrogens with one attached hydrogen (secondary N) is 1. The van der Waals surface area contributed by atoms with Gasteiger partial charge in [-0.3, -0.25) is 9.69 Å². The number of benzene rings is 1. The maximum atomic E-state index is 14.9. The van der Waals surface area contributed by atoms with Crippen molar-refractivity contribution < 1.29 is 28.5 Å². The maximum Gasteiger partial charge on any atom is 0.251 e. The third kappa shape index (κ3) is 6.89. The van der Waals surface area contributed by atoms with Crippen molar-refractivity contribution in [3.05, 3.63) is 53.7 Å². The summed E-state index contributed by atoms with van der Waals surface area (Å²) in [5, 5.41) is 22.6. The molecule has 3 saturated heterocycles. The van der Waals surface area contributed by atoms with Crippen molar-refractivity contribution in [2.75, 3.05) is 51.8 Å². The number of amides is 1. The maximum absolute atomic E-state index is 14.9. The summed E-state index contributed by atoms with van der Waals surface area (Å²) < 4.78 is 31.8. The number of aliphatic hydroxyl groups is 1. The van der Waals surface area contributed by atoms with Crippen molar-refractivity contribution in [1.29, 1.82) is 5.26 Å². The number of carbonyl (C=O) groups excluding carboxylic acids is 1. The Hall–Kier alpha value is -4.38. The van der Waals surface area contributed by atoms with E-state index in [9.17, 15) is 19.6 Å². The van der Waals surface area contributed by atoms with Gasteiger partial charge in [-0.2, -0.15) is 10.2 Å². The monoisotopic (exact) mass is 631 g/mol. The van der Waals surface area contributed by atoms with E-state index in [1.54, 1.807) is 37.6 Å². The van der Waals surface area contributed by atoms with Crippen LogP contribution in [-0.4, -0.2) is 107 Å². The van der Waals surface area contributed by atoms with Crippen molar-refractivity contribution in [2.24, 2.45) is 0 Å². The second-order valence-electron chi connectivity index (χ2n) is 11.9. The van der Waals surface area contributed by atoms with Crippen LogP contribution in [0.3, 0.4) is 0 Å². The summed E-state index contributed by atoms with van der Waals surface area (Å²) in [6.07, 6.45) is 0.466.